The predicted octanol–water partition coefficient (Wildman–Crippen LogP) is 1.76. The summed E-state index contributed by atoms with van der Waals surface area (Å²) in [5.74, 6) is -1.97. The maximum absolute atomic E-state index is 12.3. The first-order valence-corrected chi connectivity index (χ1v) is 5.75. The van der Waals surface area contributed by atoms with Gasteiger partial charge in [-0.2, -0.15) is 13.2 Å². The summed E-state index contributed by atoms with van der Waals surface area (Å²) in [5, 5.41) is 1.90. The van der Waals surface area contributed by atoms with Crippen molar-refractivity contribution in [3.63, 3.8) is 0 Å². The van der Waals surface area contributed by atoms with Crippen LogP contribution >= 0.6 is 0 Å². The van der Waals surface area contributed by atoms with Gasteiger partial charge in [0.1, 0.15) is 0 Å². The first-order valence-electron chi connectivity index (χ1n) is 5.75. The molecule has 0 saturated carbocycles. The minimum absolute atomic E-state index is 0.158. The number of alkyl halides is 3. The minimum atomic E-state index is -4.90. The third kappa shape index (κ3) is 2.98. The largest absolute Gasteiger partial charge is 0.471 e. The number of carbonyl (C=O) groups excluding carboxylic acids is 1. The molecule has 1 aliphatic heterocycles. The fourth-order valence-electron chi connectivity index (χ4n) is 2.17. The molecule has 0 unspecified atom stereocenters. The second-order valence-electron chi connectivity index (χ2n) is 4.65. The maximum atomic E-state index is 12.3. The molecule has 1 aromatic rings. The Hall–Kier alpha value is -1.76. The molecule has 3 N–H and O–H groups in total. The molecule has 1 heterocycles. The van der Waals surface area contributed by atoms with E-state index in [0.717, 1.165) is 17.7 Å². The molecular formula is C12H14F3N3O. The van der Waals surface area contributed by atoms with E-state index in [1.807, 2.05) is 17.3 Å². The number of nitrogen functional groups attached to an aromatic ring is 1. The number of benzene rings is 1. The topological polar surface area (TPSA) is 58.4 Å². The number of amides is 1. The van der Waals surface area contributed by atoms with Crippen LogP contribution in [0.5, 0.6) is 0 Å². The highest BCUT2D eigenvalue weighted by Crippen LogP contribution is 2.30. The molecule has 0 atom stereocenters. The Labute approximate surface area is 108 Å². The number of carbonyl (C=O) groups is 1. The highest BCUT2D eigenvalue weighted by atomic mass is 19.4. The average molecular weight is 273 g/mol. The van der Waals surface area contributed by atoms with E-state index < -0.39 is 12.1 Å². The van der Waals surface area contributed by atoms with Gasteiger partial charge in [0.25, 0.3) is 0 Å². The summed E-state index contributed by atoms with van der Waals surface area (Å²) in [4.78, 5) is 13.0. The third-order valence-corrected chi connectivity index (χ3v) is 3.05. The van der Waals surface area contributed by atoms with Gasteiger partial charge in [0, 0.05) is 24.5 Å². The quantitative estimate of drug-likeness (QED) is 0.766. The molecule has 0 saturated heterocycles. The van der Waals surface area contributed by atoms with Gasteiger partial charge in [0.2, 0.25) is 0 Å². The minimum Gasteiger partial charge on any atom is -0.399 e. The monoisotopic (exact) mass is 273 g/mol. The van der Waals surface area contributed by atoms with Crippen LogP contribution in [0.3, 0.4) is 0 Å². The average Bonchev–Trinajstić information content (AvgIpc) is 2.26. The highest BCUT2D eigenvalue weighted by Gasteiger charge is 2.39. The Kier molecular flexibility index (Phi) is 3.40. The summed E-state index contributed by atoms with van der Waals surface area (Å²) in [6.45, 7) is 1.33. The lowest BCUT2D eigenvalue weighted by molar-refractivity contribution is -0.167. The van der Waals surface area contributed by atoms with Crippen LogP contribution in [0.25, 0.3) is 0 Å². The Bertz CT molecular complexity index is 514. The number of hydrogen-bond donors (Lipinski definition) is 2. The zero-order valence-electron chi connectivity index (χ0n) is 10.3. The van der Waals surface area contributed by atoms with Crippen molar-refractivity contribution in [2.45, 2.75) is 19.1 Å². The molecule has 4 nitrogen and oxygen atoms in total. The van der Waals surface area contributed by atoms with E-state index in [1.165, 1.54) is 6.07 Å². The van der Waals surface area contributed by atoms with E-state index in [9.17, 15) is 18.0 Å². The number of nitrogens with one attached hydrogen (secondary N) is 1. The third-order valence-electron chi connectivity index (χ3n) is 3.05. The first kappa shape index (κ1) is 13.7. The summed E-state index contributed by atoms with van der Waals surface area (Å²) in [6, 6.07) is 3.10. The van der Waals surface area contributed by atoms with Gasteiger partial charge in [-0.25, -0.2) is 0 Å². The van der Waals surface area contributed by atoms with E-state index in [1.54, 1.807) is 6.07 Å². The van der Waals surface area contributed by atoms with Gasteiger partial charge < -0.3 is 16.0 Å². The molecule has 0 radical (unpaired) electrons. The maximum Gasteiger partial charge on any atom is 0.471 e. The van der Waals surface area contributed by atoms with Crippen LogP contribution in [0.2, 0.25) is 0 Å². The molecule has 0 bridgehead atoms. The number of nitrogens with two attached hydrogens (primary N) is 1. The van der Waals surface area contributed by atoms with Crippen molar-refractivity contribution < 1.29 is 18.0 Å². The van der Waals surface area contributed by atoms with E-state index >= 15 is 0 Å². The number of anilines is 2. The van der Waals surface area contributed by atoms with Crippen LogP contribution in [-0.2, 0) is 17.8 Å². The lowest BCUT2D eigenvalue weighted by atomic mass is 9.97. The molecular weight excluding hydrogens is 259 g/mol. The van der Waals surface area contributed by atoms with Crippen LogP contribution in [0, 0.1) is 0 Å². The predicted molar refractivity (Wildman–Crippen MR) is 65.6 cm³/mol. The second kappa shape index (κ2) is 4.73. The van der Waals surface area contributed by atoms with Gasteiger partial charge in [0.15, 0.2) is 0 Å². The number of fused-ring (bicyclic) bond motifs is 1. The standard InChI is InChI=1S/C12H14F3N3O/c1-18-3-2-9-7(6-18)4-8(16)5-10(9)17-11(19)12(13,14)15/h4-5H,2-3,6,16H2,1H3,(H,17,19). The van der Waals surface area contributed by atoms with Crippen molar-refractivity contribution >= 4 is 17.3 Å². The molecule has 1 aliphatic rings. The fraction of sp³-hybridized carbons (Fsp3) is 0.417. The molecule has 19 heavy (non-hydrogen) atoms. The Morgan fingerprint density at radius 3 is 2.74 bits per heavy atom. The first-order chi connectivity index (χ1) is 8.77. The molecule has 1 aromatic carbocycles. The van der Waals surface area contributed by atoms with Crippen molar-refractivity contribution in [2.24, 2.45) is 0 Å². The van der Waals surface area contributed by atoms with Crippen LogP contribution in [0.1, 0.15) is 11.1 Å². The van der Waals surface area contributed by atoms with Crippen LogP contribution in [0.15, 0.2) is 12.1 Å². The molecule has 1 amide bonds. The summed E-state index contributed by atoms with van der Waals surface area (Å²) in [7, 11) is 1.92. The molecule has 104 valence electrons. The molecule has 2 rings (SSSR count). The zero-order valence-corrected chi connectivity index (χ0v) is 10.3. The van der Waals surface area contributed by atoms with Gasteiger partial charge in [-0.3, -0.25) is 4.79 Å². The molecule has 0 spiro atoms. The number of halogens is 3. The number of hydrogen-bond acceptors (Lipinski definition) is 3. The van der Waals surface area contributed by atoms with E-state index in [4.69, 9.17) is 5.73 Å². The van der Waals surface area contributed by atoms with Crippen LogP contribution < -0.4 is 11.1 Å². The van der Waals surface area contributed by atoms with E-state index in [0.29, 0.717) is 18.7 Å². The SMILES string of the molecule is CN1CCc2c(cc(N)cc2NC(=O)C(F)(F)F)C1. The van der Waals surface area contributed by atoms with Gasteiger partial charge in [-0.15, -0.1) is 0 Å². The lowest BCUT2D eigenvalue weighted by Gasteiger charge is -2.27. The van der Waals surface area contributed by atoms with Crippen molar-refractivity contribution in [1.82, 2.24) is 4.90 Å². The Morgan fingerprint density at radius 2 is 2.11 bits per heavy atom. The van der Waals surface area contributed by atoms with Crippen molar-refractivity contribution in [2.75, 3.05) is 24.6 Å². The fourth-order valence-corrected chi connectivity index (χ4v) is 2.17. The van der Waals surface area contributed by atoms with Gasteiger partial charge in [-0.1, -0.05) is 0 Å². The lowest BCUT2D eigenvalue weighted by Crippen LogP contribution is -2.32. The van der Waals surface area contributed by atoms with E-state index in [2.05, 4.69) is 0 Å². The number of nitrogens with zero attached hydrogens (tertiary/aromatic N) is 1. The zero-order chi connectivity index (χ0) is 14.2. The molecule has 0 fully saturated rings. The summed E-state index contributed by atoms with van der Waals surface area (Å²) in [5.41, 5.74) is 7.74. The van der Waals surface area contributed by atoms with Crippen molar-refractivity contribution in [1.29, 1.82) is 0 Å². The van der Waals surface area contributed by atoms with E-state index in [-0.39, 0.29) is 5.69 Å². The van der Waals surface area contributed by atoms with Gasteiger partial charge in [-0.05, 0) is 36.7 Å². The Balaban J connectivity index is 2.33. The summed E-state index contributed by atoms with van der Waals surface area (Å²) >= 11 is 0. The van der Waals surface area contributed by atoms with Gasteiger partial charge in [0.05, 0.1) is 0 Å². The van der Waals surface area contributed by atoms with Crippen LogP contribution in [-0.4, -0.2) is 30.6 Å². The van der Waals surface area contributed by atoms with Crippen molar-refractivity contribution in [3.8, 4) is 0 Å². The normalized spacial score (nSPS) is 16.0. The van der Waals surface area contributed by atoms with Crippen molar-refractivity contribution in [3.05, 3.63) is 23.3 Å². The number of likely N-dealkylation sites (N-methyl/N-ethyl adjacent to an activating group) is 1. The molecule has 7 heteroatoms. The summed E-state index contributed by atoms with van der Waals surface area (Å²) in [6.07, 6.45) is -4.32. The highest BCUT2D eigenvalue weighted by molar-refractivity contribution is 5.96. The van der Waals surface area contributed by atoms with Gasteiger partial charge >= 0.3 is 12.1 Å². The number of rotatable bonds is 1. The molecule has 0 aromatic heterocycles. The van der Waals surface area contributed by atoms with Crippen LogP contribution in [0.4, 0.5) is 24.5 Å². The summed E-state index contributed by atoms with van der Waals surface area (Å²) < 4.78 is 36.8. The Morgan fingerprint density at radius 1 is 1.42 bits per heavy atom. The molecule has 0 aliphatic carbocycles. The smallest absolute Gasteiger partial charge is 0.399 e. The second-order valence-corrected chi connectivity index (χ2v) is 4.65.